The van der Waals surface area contributed by atoms with Crippen molar-refractivity contribution >= 4 is 34.3 Å². The van der Waals surface area contributed by atoms with Gasteiger partial charge in [-0.1, -0.05) is 6.07 Å². The van der Waals surface area contributed by atoms with Crippen molar-refractivity contribution < 1.29 is 18.0 Å². The van der Waals surface area contributed by atoms with Crippen LogP contribution in [-0.4, -0.2) is 18.8 Å². The molecule has 0 spiro atoms. The second-order valence-electron chi connectivity index (χ2n) is 3.38. The highest BCUT2D eigenvalue weighted by Crippen LogP contribution is 2.18. The lowest BCUT2D eigenvalue weighted by atomic mass is 10.2. The number of hydrogen-bond acceptors (Lipinski definition) is 1. The predicted octanol–water partition coefficient (Wildman–Crippen LogP) is 3.28. The molecule has 0 aliphatic rings. The van der Waals surface area contributed by atoms with Crippen molar-refractivity contribution in [2.24, 2.45) is 0 Å². The van der Waals surface area contributed by atoms with Crippen molar-refractivity contribution in [2.45, 2.75) is 13.1 Å². The molecular weight excluding hydrogens is 348 g/mol. The molecule has 7 heteroatoms. The summed E-state index contributed by atoms with van der Waals surface area (Å²) < 4.78 is 36.5. The molecule has 0 aromatic heterocycles. The number of rotatable bonds is 2. The maximum absolute atomic E-state index is 11.9. The highest BCUT2D eigenvalue weighted by atomic mass is 127. The maximum Gasteiger partial charge on any atom is 0.405 e. The van der Waals surface area contributed by atoms with E-state index in [-0.39, 0.29) is 0 Å². The first-order valence-electron chi connectivity index (χ1n) is 4.66. The molecule has 1 aromatic carbocycles. The van der Waals surface area contributed by atoms with E-state index >= 15 is 0 Å². The largest absolute Gasteiger partial charge is 0.405 e. The molecule has 0 aliphatic heterocycles. The van der Waals surface area contributed by atoms with Crippen LogP contribution in [0, 0.1) is 10.5 Å². The van der Waals surface area contributed by atoms with Gasteiger partial charge in [0, 0.05) is 9.26 Å². The lowest BCUT2D eigenvalue weighted by Crippen LogP contribution is -2.36. The van der Waals surface area contributed by atoms with Crippen molar-refractivity contribution in [1.29, 1.82) is 0 Å². The van der Waals surface area contributed by atoms with Gasteiger partial charge in [0.2, 0.25) is 0 Å². The van der Waals surface area contributed by atoms with E-state index in [9.17, 15) is 18.0 Å². The summed E-state index contributed by atoms with van der Waals surface area (Å²) in [6, 6.07) is 4.44. The molecular formula is C10H10F3IN2O. The zero-order valence-electron chi connectivity index (χ0n) is 8.86. The summed E-state index contributed by atoms with van der Waals surface area (Å²) in [5, 5.41) is 4.11. The fourth-order valence-corrected chi connectivity index (χ4v) is 1.57. The van der Waals surface area contributed by atoms with Crippen LogP contribution in [0.1, 0.15) is 5.56 Å². The molecule has 0 unspecified atom stereocenters. The average Bonchev–Trinajstić information content (AvgIpc) is 2.20. The third-order valence-corrected chi connectivity index (χ3v) is 2.57. The first-order chi connectivity index (χ1) is 7.78. The predicted molar refractivity (Wildman–Crippen MR) is 67.0 cm³/mol. The van der Waals surface area contributed by atoms with Gasteiger partial charge in [0.05, 0.1) is 0 Å². The first-order valence-corrected chi connectivity index (χ1v) is 5.73. The number of urea groups is 1. The minimum atomic E-state index is -4.41. The summed E-state index contributed by atoms with van der Waals surface area (Å²) in [4.78, 5) is 11.2. The van der Waals surface area contributed by atoms with E-state index in [2.05, 4.69) is 27.9 Å². The van der Waals surface area contributed by atoms with E-state index in [1.54, 1.807) is 24.4 Å². The molecule has 2 amide bonds. The van der Waals surface area contributed by atoms with Crippen molar-refractivity contribution in [3.8, 4) is 0 Å². The van der Waals surface area contributed by atoms with Crippen LogP contribution in [0.15, 0.2) is 18.2 Å². The summed E-state index contributed by atoms with van der Waals surface area (Å²) in [6.45, 7) is 0.414. The van der Waals surface area contributed by atoms with E-state index < -0.39 is 18.8 Å². The number of aryl methyl sites for hydroxylation is 1. The Kier molecular flexibility index (Phi) is 4.61. The monoisotopic (exact) mass is 358 g/mol. The van der Waals surface area contributed by atoms with Gasteiger partial charge in [0.25, 0.3) is 0 Å². The second-order valence-corrected chi connectivity index (χ2v) is 4.63. The van der Waals surface area contributed by atoms with Gasteiger partial charge in [-0.3, -0.25) is 0 Å². The molecule has 1 aromatic rings. The van der Waals surface area contributed by atoms with Crippen LogP contribution in [0.5, 0.6) is 0 Å². The fraction of sp³-hybridized carbons (Fsp3) is 0.300. The number of alkyl halides is 3. The van der Waals surface area contributed by atoms with Crippen LogP contribution < -0.4 is 10.6 Å². The van der Waals surface area contributed by atoms with Gasteiger partial charge in [-0.25, -0.2) is 4.79 Å². The highest BCUT2D eigenvalue weighted by Gasteiger charge is 2.27. The van der Waals surface area contributed by atoms with Crippen molar-refractivity contribution in [3.63, 3.8) is 0 Å². The van der Waals surface area contributed by atoms with E-state index in [1.807, 2.05) is 6.07 Å². The Bertz CT molecular complexity index is 421. The number of hydrogen-bond donors (Lipinski definition) is 2. The van der Waals surface area contributed by atoms with Crippen LogP contribution in [0.3, 0.4) is 0 Å². The molecule has 0 bridgehead atoms. The first kappa shape index (κ1) is 14.1. The molecule has 2 N–H and O–H groups in total. The number of carbonyl (C=O) groups is 1. The Balaban J connectivity index is 2.59. The highest BCUT2D eigenvalue weighted by molar-refractivity contribution is 14.1. The average molecular weight is 358 g/mol. The molecule has 0 radical (unpaired) electrons. The third kappa shape index (κ3) is 5.24. The summed E-state index contributed by atoms with van der Waals surface area (Å²) in [7, 11) is 0. The van der Waals surface area contributed by atoms with Crippen molar-refractivity contribution in [2.75, 3.05) is 11.9 Å². The van der Waals surface area contributed by atoms with E-state index in [0.717, 1.165) is 9.13 Å². The number of benzene rings is 1. The maximum atomic E-state index is 11.9. The summed E-state index contributed by atoms with van der Waals surface area (Å²) >= 11 is 2.05. The van der Waals surface area contributed by atoms with Crippen LogP contribution in [0.2, 0.25) is 0 Å². The summed E-state index contributed by atoms with van der Waals surface area (Å²) in [5.74, 6) is 0. The van der Waals surface area contributed by atoms with Gasteiger partial charge in [0.1, 0.15) is 6.54 Å². The molecule has 1 rings (SSSR count). The summed E-state index contributed by atoms with van der Waals surface area (Å²) in [5.41, 5.74) is 1.28. The standard InChI is InChI=1S/C10H10F3IN2O/c1-6-2-3-7(14)4-8(6)16-9(17)15-5-10(11,12)13/h2-4H,5H2,1H3,(H2,15,16,17). The van der Waals surface area contributed by atoms with E-state index in [0.29, 0.717) is 5.69 Å². The van der Waals surface area contributed by atoms with Crippen LogP contribution in [0.25, 0.3) is 0 Å². The number of carbonyl (C=O) groups excluding carboxylic acids is 1. The lowest BCUT2D eigenvalue weighted by molar-refractivity contribution is -0.122. The molecule has 0 heterocycles. The molecule has 0 saturated carbocycles. The number of halogens is 4. The molecule has 0 atom stereocenters. The molecule has 3 nitrogen and oxygen atoms in total. The smallest absolute Gasteiger partial charge is 0.329 e. The minimum Gasteiger partial charge on any atom is -0.329 e. The second kappa shape index (κ2) is 5.56. The van der Waals surface area contributed by atoms with Crippen LogP contribution >= 0.6 is 22.6 Å². The number of anilines is 1. The van der Waals surface area contributed by atoms with Gasteiger partial charge in [0.15, 0.2) is 0 Å². The fourth-order valence-electron chi connectivity index (χ4n) is 1.08. The van der Waals surface area contributed by atoms with Gasteiger partial charge < -0.3 is 10.6 Å². The van der Waals surface area contributed by atoms with E-state index in [4.69, 9.17) is 0 Å². The van der Waals surface area contributed by atoms with Gasteiger partial charge in [-0.15, -0.1) is 0 Å². The Morgan fingerprint density at radius 3 is 2.65 bits per heavy atom. The molecule has 17 heavy (non-hydrogen) atoms. The zero-order valence-corrected chi connectivity index (χ0v) is 11.0. The third-order valence-electron chi connectivity index (χ3n) is 1.90. The zero-order chi connectivity index (χ0) is 13.1. The van der Waals surface area contributed by atoms with E-state index in [1.165, 1.54) is 0 Å². The summed E-state index contributed by atoms with van der Waals surface area (Å²) in [6.07, 6.45) is -4.41. The molecule has 0 saturated heterocycles. The SMILES string of the molecule is Cc1ccc(I)cc1NC(=O)NCC(F)(F)F. The lowest BCUT2D eigenvalue weighted by Gasteiger charge is -2.11. The van der Waals surface area contributed by atoms with Crippen molar-refractivity contribution in [3.05, 3.63) is 27.3 Å². The topological polar surface area (TPSA) is 41.1 Å². The Labute approximate surface area is 110 Å². The Morgan fingerprint density at radius 1 is 1.41 bits per heavy atom. The van der Waals surface area contributed by atoms with Gasteiger partial charge in [-0.05, 0) is 47.2 Å². The molecule has 0 fully saturated rings. The quantitative estimate of drug-likeness (QED) is 0.783. The molecule has 0 aliphatic carbocycles. The molecule has 94 valence electrons. The van der Waals surface area contributed by atoms with Crippen LogP contribution in [-0.2, 0) is 0 Å². The Morgan fingerprint density at radius 2 is 2.06 bits per heavy atom. The van der Waals surface area contributed by atoms with Crippen LogP contribution in [0.4, 0.5) is 23.7 Å². The Hall–Kier alpha value is -0.990. The van der Waals surface area contributed by atoms with Gasteiger partial charge >= 0.3 is 12.2 Å². The normalized spacial score (nSPS) is 11.1. The number of amides is 2. The van der Waals surface area contributed by atoms with Gasteiger partial charge in [-0.2, -0.15) is 13.2 Å². The minimum absolute atomic E-state index is 0.497. The van der Waals surface area contributed by atoms with Crippen molar-refractivity contribution in [1.82, 2.24) is 5.32 Å². The number of nitrogens with one attached hydrogen (secondary N) is 2.